The molecule has 4 heteroatoms. The van der Waals surface area contributed by atoms with Gasteiger partial charge in [0.2, 0.25) is 0 Å². The number of ether oxygens (including phenoxy) is 1. The largest absolute Gasteiger partial charge is 0.371 e. The molecule has 1 atom stereocenters. The molecule has 2 heterocycles. The molecule has 0 aliphatic carbocycles. The van der Waals surface area contributed by atoms with Gasteiger partial charge in [-0.1, -0.05) is 48.5 Å². The summed E-state index contributed by atoms with van der Waals surface area (Å²) in [6.45, 7) is 7.56. The van der Waals surface area contributed by atoms with Crippen molar-refractivity contribution in [2.45, 2.75) is 37.8 Å². The maximum atomic E-state index is 6.41. The van der Waals surface area contributed by atoms with Gasteiger partial charge in [-0.2, -0.15) is 0 Å². The first-order chi connectivity index (χ1) is 12.7. The van der Waals surface area contributed by atoms with Crippen LogP contribution in [-0.4, -0.2) is 49.3 Å². The molecule has 0 amide bonds. The number of morpholine rings is 1. The van der Waals surface area contributed by atoms with Crippen LogP contribution in [0.5, 0.6) is 0 Å². The number of rotatable bonds is 4. The number of para-hydroxylation sites is 1. The Morgan fingerprint density at radius 2 is 1.59 bits per heavy atom. The minimum atomic E-state index is 0. The second-order valence-corrected chi connectivity index (χ2v) is 7.88. The predicted molar refractivity (Wildman–Crippen MR) is 115 cm³/mol. The second kappa shape index (κ2) is 9.09. The van der Waals surface area contributed by atoms with Crippen LogP contribution in [0.4, 0.5) is 5.69 Å². The van der Waals surface area contributed by atoms with Crippen molar-refractivity contribution in [3.63, 3.8) is 0 Å². The number of hydrogen-bond donors (Lipinski definition) is 0. The summed E-state index contributed by atoms with van der Waals surface area (Å²) < 4.78 is 6.41. The molecule has 2 aliphatic heterocycles. The molecule has 0 N–H and O–H groups in total. The van der Waals surface area contributed by atoms with Crippen LogP contribution in [-0.2, 0) is 11.2 Å². The summed E-state index contributed by atoms with van der Waals surface area (Å²) in [6, 6.07) is 22.1. The van der Waals surface area contributed by atoms with E-state index >= 15 is 0 Å². The zero-order valence-corrected chi connectivity index (χ0v) is 17.0. The highest BCUT2D eigenvalue weighted by Crippen LogP contribution is 2.34. The standard InChI is InChI=1S/C23H30N2O.ClH/c1-20-18-26-23(19-25(20)22-10-6-3-7-11-22)13-16-24(17-14-23)15-12-21-8-4-2-5-9-21;/h2-11,20H,12-19H2,1H3;1H. The molecule has 2 aliphatic rings. The summed E-state index contributed by atoms with van der Waals surface area (Å²) in [7, 11) is 0. The molecular formula is C23H31ClN2O. The van der Waals surface area contributed by atoms with Gasteiger partial charge in [0.1, 0.15) is 0 Å². The van der Waals surface area contributed by atoms with Gasteiger partial charge in [0, 0.05) is 37.9 Å². The van der Waals surface area contributed by atoms with E-state index in [1.54, 1.807) is 0 Å². The normalized spacial score (nSPS) is 22.4. The molecule has 2 fully saturated rings. The zero-order valence-electron chi connectivity index (χ0n) is 16.2. The van der Waals surface area contributed by atoms with Gasteiger partial charge in [-0.3, -0.25) is 0 Å². The maximum absolute atomic E-state index is 6.41. The molecule has 2 aromatic rings. The molecule has 2 aromatic carbocycles. The molecule has 0 aromatic heterocycles. The fraction of sp³-hybridized carbons (Fsp3) is 0.478. The molecule has 1 spiro atoms. The van der Waals surface area contributed by atoms with Gasteiger partial charge < -0.3 is 14.5 Å². The average Bonchev–Trinajstić information content (AvgIpc) is 2.71. The third-order valence-electron chi connectivity index (χ3n) is 6.04. The lowest BCUT2D eigenvalue weighted by atomic mass is 9.88. The zero-order chi connectivity index (χ0) is 17.8. The molecule has 0 saturated carbocycles. The van der Waals surface area contributed by atoms with Gasteiger partial charge in [0.15, 0.2) is 0 Å². The summed E-state index contributed by atoms with van der Waals surface area (Å²) in [4.78, 5) is 5.15. The highest BCUT2D eigenvalue weighted by molar-refractivity contribution is 5.85. The molecule has 146 valence electrons. The van der Waals surface area contributed by atoms with Crippen LogP contribution >= 0.6 is 12.4 Å². The van der Waals surface area contributed by atoms with Gasteiger partial charge in [-0.15, -0.1) is 12.4 Å². The Hall–Kier alpha value is -1.55. The Kier molecular flexibility index (Phi) is 6.80. The lowest BCUT2D eigenvalue weighted by Crippen LogP contribution is -2.59. The van der Waals surface area contributed by atoms with E-state index in [9.17, 15) is 0 Å². The molecule has 27 heavy (non-hydrogen) atoms. The molecule has 2 saturated heterocycles. The number of hydrogen-bond acceptors (Lipinski definition) is 3. The van der Waals surface area contributed by atoms with E-state index in [1.165, 1.54) is 11.3 Å². The van der Waals surface area contributed by atoms with Crippen molar-refractivity contribution in [3.8, 4) is 0 Å². The van der Waals surface area contributed by atoms with Crippen molar-refractivity contribution in [2.24, 2.45) is 0 Å². The van der Waals surface area contributed by atoms with Crippen molar-refractivity contribution >= 4 is 18.1 Å². The smallest absolute Gasteiger partial charge is 0.0882 e. The van der Waals surface area contributed by atoms with E-state index in [0.717, 1.165) is 52.0 Å². The third kappa shape index (κ3) is 4.84. The molecule has 4 rings (SSSR count). The van der Waals surface area contributed by atoms with Gasteiger partial charge in [-0.05, 0) is 43.9 Å². The van der Waals surface area contributed by atoms with Crippen LogP contribution < -0.4 is 4.90 Å². The van der Waals surface area contributed by atoms with E-state index in [-0.39, 0.29) is 18.0 Å². The molecule has 3 nitrogen and oxygen atoms in total. The lowest BCUT2D eigenvalue weighted by molar-refractivity contribution is -0.101. The van der Waals surface area contributed by atoms with Gasteiger partial charge >= 0.3 is 0 Å². The first-order valence-electron chi connectivity index (χ1n) is 9.96. The van der Waals surface area contributed by atoms with E-state index < -0.39 is 0 Å². The monoisotopic (exact) mass is 386 g/mol. The fourth-order valence-electron chi connectivity index (χ4n) is 4.28. The average molecular weight is 387 g/mol. The Morgan fingerprint density at radius 1 is 0.963 bits per heavy atom. The quantitative estimate of drug-likeness (QED) is 0.774. The first-order valence-corrected chi connectivity index (χ1v) is 9.96. The van der Waals surface area contributed by atoms with E-state index in [1.807, 2.05) is 0 Å². The Balaban J connectivity index is 0.00000210. The lowest BCUT2D eigenvalue weighted by Gasteiger charge is -2.50. The van der Waals surface area contributed by atoms with Crippen molar-refractivity contribution in [2.75, 3.05) is 37.7 Å². The molecule has 0 radical (unpaired) electrons. The van der Waals surface area contributed by atoms with E-state index in [2.05, 4.69) is 77.4 Å². The highest BCUT2D eigenvalue weighted by Gasteiger charge is 2.41. The first kappa shape index (κ1) is 20.2. The van der Waals surface area contributed by atoms with Gasteiger partial charge in [0.25, 0.3) is 0 Å². The predicted octanol–water partition coefficient (Wildman–Crippen LogP) is 4.41. The minimum absolute atomic E-state index is 0. The number of benzene rings is 2. The Labute approximate surface area is 169 Å². The number of likely N-dealkylation sites (tertiary alicyclic amines) is 1. The highest BCUT2D eigenvalue weighted by atomic mass is 35.5. The van der Waals surface area contributed by atoms with Gasteiger partial charge in [0.05, 0.1) is 12.2 Å². The van der Waals surface area contributed by atoms with E-state index in [4.69, 9.17) is 4.74 Å². The number of anilines is 1. The van der Waals surface area contributed by atoms with Crippen LogP contribution in [0.25, 0.3) is 0 Å². The van der Waals surface area contributed by atoms with Crippen LogP contribution in [0, 0.1) is 0 Å². The van der Waals surface area contributed by atoms with Crippen LogP contribution in [0.2, 0.25) is 0 Å². The van der Waals surface area contributed by atoms with Crippen molar-refractivity contribution in [1.82, 2.24) is 4.90 Å². The number of nitrogens with zero attached hydrogens (tertiary/aromatic N) is 2. The summed E-state index contributed by atoms with van der Waals surface area (Å²) in [5.41, 5.74) is 2.80. The fourth-order valence-corrected chi connectivity index (χ4v) is 4.28. The van der Waals surface area contributed by atoms with E-state index in [0.29, 0.717) is 6.04 Å². The van der Waals surface area contributed by atoms with Gasteiger partial charge in [-0.25, -0.2) is 0 Å². The van der Waals surface area contributed by atoms with Crippen LogP contribution in [0.3, 0.4) is 0 Å². The van der Waals surface area contributed by atoms with Crippen molar-refractivity contribution in [1.29, 1.82) is 0 Å². The Morgan fingerprint density at radius 3 is 2.26 bits per heavy atom. The third-order valence-corrected chi connectivity index (χ3v) is 6.04. The van der Waals surface area contributed by atoms with Crippen LogP contribution in [0.15, 0.2) is 60.7 Å². The number of halogens is 1. The summed E-state index contributed by atoms with van der Waals surface area (Å²) in [6.07, 6.45) is 3.41. The number of piperidine rings is 1. The second-order valence-electron chi connectivity index (χ2n) is 7.88. The van der Waals surface area contributed by atoms with Crippen LogP contribution in [0.1, 0.15) is 25.3 Å². The summed E-state index contributed by atoms with van der Waals surface area (Å²) in [5, 5.41) is 0. The van der Waals surface area contributed by atoms with Crippen molar-refractivity contribution in [3.05, 3.63) is 66.2 Å². The topological polar surface area (TPSA) is 15.7 Å². The molecule has 1 unspecified atom stereocenters. The molecule has 0 bridgehead atoms. The molecular weight excluding hydrogens is 356 g/mol. The maximum Gasteiger partial charge on any atom is 0.0882 e. The minimum Gasteiger partial charge on any atom is -0.371 e. The van der Waals surface area contributed by atoms with Crippen molar-refractivity contribution < 1.29 is 4.74 Å². The Bertz CT molecular complexity index is 686. The summed E-state index contributed by atoms with van der Waals surface area (Å²) in [5.74, 6) is 0. The summed E-state index contributed by atoms with van der Waals surface area (Å²) >= 11 is 0. The SMILES string of the molecule is CC1COC2(CCN(CCc3ccccc3)CC2)CN1c1ccccc1.Cl.